The summed E-state index contributed by atoms with van der Waals surface area (Å²) in [6.45, 7) is 3.95. The Hall–Kier alpha value is -0.930. The summed E-state index contributed by atoms with van der Waals surface area (Å²) in [6, 6.07) is 5.20. The summed E-state index contributed by atoms with van der Waals surface area (Å²) in [6.07, 6.45) is 6.39. The van der Waals surface area contributed by atoms with Crippen molar-refractivity contribution in [2.75, 3.05) is 13.1 Å². The minimum Gasteiger partial charge on any atom is -0.329 e. The Labute approximate surface area is 91.3 Å². The minimum atomic E-state index is 0.344. The van der Waals surface area contributed by atoms with Crippen molar-refractivity contribution in [3.63, 3.8) is 0 Å². The van der Waals surface area contributed by atoms with E-state index < -0.39 is 0 Å². The summed E-state index contributed by atoms with van der Waals surface area (Å²) >= 11 is 0. The van der Waals surface area contributed by atoms with E-state index in [2.05, 4.69) is 22.9 Å². The molecule has 1 heterocycles. The molecule has 2 rings (SSSR count). The molecule has 2 N–H and O–H groups in total. The number of likely N-dealkylation sites (N-methyl/N-ethyl adjacent to an activating group) is 1. The maximum absolute atomic E-state index is 5.88. The van der Waals surface area contributed by atoms with Gasteiger partial charge in [-0.3, -0.25) is 9.88 Å². The van der Waals surface area contributed by atoms with Gasteiger partial charge in [-0.25, -0.2) is 0 Å². The van der Waals surface area contributed by atoms with Gasteiger partial charge >= 0.3 is 0 Å². The molecule has 1 aromatic rings. The number of rotatable bonds is 5. The van der Waals surface area contributed by atoms with Gasteiger partial charge in [0.1, 0.15) is 0 Å². The smallest absolute Gasteiger partial charge is 0.0488 e. The predicted octanol–water partition coefficient (Wildman–Crippen LogP) is 1.57. The van der Waals surface area contributed by atoms with Crippen LogP contribution in [0.4, 0.5) is 0 Å². The van der Waals surface area contributed by atoms with Crippen molar-refractivity contribution in [3.8, 4) is 0 Å². The molecular formula is C12H19N3. The lowest BCUT2D eigenvalue weighted by atomic mass is 10.1. The molecule has 0 bridgehead atoms. The third kappa shape index (κ3) is 2.36. The van der Waals surface area contributed by atoms with Crippen molar-refractivity contribution in [3.05, 3.63) is 30.1 Å². The fraction of sp³-hybridized carbons (Fsp3) is 0.583. The minimum absolute atomic E-state index is 0.344. The molecule has 0 radical (unpaired) electrons. The van der Waals surface area contributed by atoms with Crippen molar-refractivity contribution in [1.82, 2.24) is 9.88 Å². The molecule has 1 aliphatic carbocycles. The van der Waals surface area contributed by atoms with Crippen molar-refractivity contribution in [1.29, 1.82) is 0 Å². The Morgan fingerprint density at radius 3 is 2.87 bits per heavy atom. The molecule has 1 fully saturated rings. The molecule has 15 heavy (non-hydrogen) atoms. The monoisotopic (exact) mass is 205 g/mol. The topological polar surface area (TPSA) is 42.1 Å². The Morgan fingerprint density at radius 1 is 1.60 bits per heavy atom. The molecule has 0 aromatic carbocycles. The Morgan fingerprint density at radius 2 is 2.40 bits per heavy atom. The van der Waals surface area contributed by atoms with Gasteiger partial charge in [0, 0.05) is 31.0 Å². The summed E-state index contributed by atoms with van der Waals surface area (Å²) in [5, 5.41) is 0. The zero-order chi connectivity index (χ0) is 10.7. The molecule has 0 saturated heterocycles. The molecule has 3 nitrogen and oxygen atoms in total. The molecule has 1 atom stereocenters. The Bertz CT molecular complexity index is 295. The van der Waals surface area contributed by atoms with Gasteiger partial charge in [-0.05, 0) is 31.0 Å². The summed E-state index contributed by atoms with van der Waals surface area (Å²) in [4.78, 5) is 6.66. The maximum atomic E-state index is 5.88. The molecule has 1 aliphatic rings. The van der Waals surface area contributed by atoms with E-state index in [0.29, 0.717) is 12.6 Å². The normalized spacial score (nSPS) is 18.1. The average molecular weight is 205 g/mol. The van der Waals surface area contributed by atoms with E-state index in [0.717, 1.165) is 12.6 Å². The lowest BCUT2D eigenvalue weighted by Crippen LogP contribution is -2.35. The van der Waals surface area contributed by atoms with Gasteiger partial charge in [-0.1, -0.05) is 13.0 Å². The van der Waals surface area contributed by atoms with Crippen LogP contribution in [-0.4, -0.2) is 29.0 Å². The van der Waals surface area contributed by atoms with E-state index in [-0.39, 0.29) is 0 Å². The third-order valence-corrected chi connectivity index (χ3v) is 3.07. The fourth-order valence-electron chi connectivity index (χ4n) is 2.18. The second kappa shape index (κ2) is 4.73. The number of pyridine rings is 1. The molecule has 3 heteroatoms. The molecule has 0 amide bonds. The van der Waals surface area contributed by atoms with Crippen LogP contribution in [0, 0.1) is 0 Å². The van der Waals surface area contributed by atoms with E-state index in [9.17, 15) is 0 Å². The first-order valence-electron chi connectivity index (χ1n) is 5.72. The van der Waals surface area contributed by atoms with Crippen molar-refractivity contribution >= 4 is 0 Å². The van der Waals surface area contributed by atoms with Crippen LogP contribution in [0.5, 0.6) is 0 Å². The van der Waals surface area contributed by atoms with Crippen LogP contribution >= 0.6 is 0 Å². The van der Waals surface area contributed by atoms with E-state index >= 15 is 0 Å². The van der Waals surface area contributed by atoms with Gasteiger partial charge in [0.25, 0.3) is 0 Å². The molecule has 1 unspecified atom stereocenters. The first kappa shape index (κ1) is 10.6. The highest BCUT2D eigenvalue weighted by Crippen LogP contribution is 2.33. The number of aromatic nitrogens is 1. The lowest BCUT2D eigenvalue weighted by Gasteiger charge is -2.29. The van der Waals surface area contributed by atoms with E-state index in [1.165, 1.54) is 18.4 Å². The molecule has 1 aromatic heterocycles. The highest BCUT2D eigenvalue weighted by molar-refractivity contribution is 5.15. The largest absolute Gasteiger partial charge is 0.329 e. The van der Waals surface area contributed by atoms with Gasteiger partial charge in [-0.15, -0.1) is 0 Å². The average Bonchev–Trinajstić information content (AvgIpc) is 3.11. The maximum Gasteiger partial charge on any atom is 0.0488 e. The predicted molar refractivity (Wildman–Crippen MR) is 61.4 cm³/mol. The van der Waals surface area contributed by atoms with Crippen molar-refractivity contribution < 1.29 is 0 Å². The molecule has 82 valence electrons. The quantitative estimate of drug-likeness (QED) is 0.793. The van der Waals surface area contributed by atoms with Gasteiger partial charge in [0.15, 0.2) is 0 Å². The second-order valence-electron chi connectivity index (χ2n) is 4.10. The summed E-state index contributed by atoms with van der Waals surface area (Å²) in [5.74, 6) is 0. The SMILES string of the molecule is CCN(C1CC1)C(CN)c1cccnc1. The first-order chi connectivity index (χ1) is 7.36. The van der Waals surface area contributed by atoms with Crippen LogP contribution in [0.2, 0.25) is 0 Å². The Kier molecular flexibility index (Phi) is 3.34. The van der Waals surface area contributed by atoms with Gasteiger partial charge in [0.2, 0.25) is 0 Å². The van der Waals surface area contributed by atoms with E-state index in [1.807, 2.05) is 18.5 Å². The fourth-order valence-corrected chi connectivity index (χ4v) is 2.18. The van der Waals surface area contributed by atoms with E-state index in [4.69, 9.17) is 5.73 Å². The Balaban J connectivity index is 2.15. The zero-order valence-corrected chi connectivity index (χ0v) is 9.26. The molecule has 0 aliphatic heterocycles. The second-order valence-corrected chi connectivity index (χ2v) is 4.10. The van der Waals surface area contributed by atoms with Crippen LogP contribution in [-0.2, 0) is 0 Å². The van der Waals surface area contributed by atoms with Crippen LogP contribution in [0.15, 0.2) is 24.5 Å². The summed E-state index contributed by atoms with van der Waals surface area (Å²) in [7, 11) is 0. The van der Waals surface area contributed by atoms with Crippen molar-refractivity contribution in [2.24, 2.45) is 5.73 Å². The first-order valence-corrected chi connectivity index (χ1v) is 5.72. The van der Waals surface area contributed by atoms with Crippen molar-refractivity contribution in [2.45, 2.75) is 31.8 Å². The molecular weight excluding hydrogens is 186 g/mol. The molecule has 0 spiro atoms. The number of hydrogen-bond donors (Lipinski definition) is 1. The zero-order valence-electron chi connectivity index (χ0n) is 9.26. The highest BCUT2D eigenvalue weighted by Gasteiger charge is 2.32. The summed E-state index contributed by atoms with van der Waals surface area (Å²) < 4.78 is 0. The summed E-state index contributed by atoms with van der Waals surface area (Å²) in [5.41, 5.74) is 7.12. The van der Waals surface area contributed by atoms with Gasteiger partial charge < -0.3 is 5.73 Å². The van der Waals surface area contributed by atoms with Crippen LogP contribution < -0.4 is 5.73 Å². The molecule has 1 saturated carbocycles. The van der Waals surface area contributed by atoms with Gasteiger partial charge in [0.05, 0.1) is 0 Å². The highest BCUT2D eigenvalue weighted by atomic mass is 15.2. The third-order valence-electron chi connectivity index (χ3n) is 3.07. The van der Waals surface area contributed by atoms with E-state index in [1.54, 1.807) is 0 Å². The van der Waals surface area contributed by atoms with Crippen LogP contribution in [0.1, 0.15) is 31.4 Å². The van der Waals surface area contributed by atoms with Gasteiger partial charge in [-0.2, -0.15) is 0 Å². The standard InChI is InChI=1S/C12H19N3/c1-2-15(11-5-6-11)12(8-13)10-4-3-7-14-9-10/h3-4,7,9,11-12H,2,5-6,8,13H2,1H3. The number of nitrogens with zero attached hydrogens (tertiary/aromatic N) is 2. The van der Waals surface area contributed by atoms with Crippen LogP contribution in [0.25, 0.3) is 0 Å². The van der Waals surface area contributed by atoms with Crippen LogP contribution in [0.3, 0.4) is 0 Å². The number of hydrogen-bond acceptors (Lipinski definition) is 3. The lowest BCUT2D eigenvalue weighted by molar-refractivity contribution is 0.201. The number of nitrogens with two attached hydrogens (primary N) is 1.